The molecular weight excluding hydrogens is 190 g/mol. The van der Waals surface area contributed by atoms with Gasteiger partial charge in [-0.05, 0) is 30.7 Å². The lowest BCUT2D eigenvalue weighted by molar-refractivity contribution is 0.421. The smallest absolute Gasteiger partial charge is 0.151 e. The number of aromatic amines is 1. The summed E-state index contributed by atoms with van der Waals surface area (Å²) in [7, 11) is 1.63. The first-order valence-corrected chi connectivity index (χ1v) is 4.90. The van der Waals surface area contributed by atoms with E-state index in [0.717, 1.165) is 28.6 Å². The molecule has 1 heterocycles. The highest BCUT2D eigenvalue weighted by Crippen LogP contribution is 2.33. The molecule has 2 rings (SSSR count). The van der Waals surface area contributed by atoms with Crippen LogP contribution in [0.25, 0.3) is 10.9 Å². The summed E-state index contributed by atoms with van der Waals surface area (Å²) in [5.74, 6) is 0.734. The van der Waals surface area contributed by atoms with Crippen LogP contribution in [0.5, 0.6) is 5.75 Å². The molecule has 1 aromatic heterocycles. The molecule has 0 unspecified atom stereocenters. The van der Waals surface area contributed by atoms with Crippen LogP contribution in [0.1, 0.15) is 5.56 Å². The minimum absolute atomic E-state index is 0.616. The van der Waals surface area contributed by atoms with Crippen LogP contribution >= 0.6 is 0 Å². The number of hydrogen-bond donors (Lipinski definition) is 3. The number of nitrogens with two attached hydrogens (primary N) is 2. The fraction of sp³-hybridized carbons (Fsp3) is 0.273. The van der Waals surface area contributed by atoms with Crippen molar-refractivity contribution in [2.24, 2.45) is 5.73 Å². The van der Waals surface area contributed by atoms with Crippen molar-refractivity contribution in [3.63, 3.8) is 0 Å². The molecule has 0 amide bonds. The Bertz CT molecular complexity index is 476. The van der Waals surface area contributed by atoms with E-state index in [0.29, 0.717) is 12.2 Å². The van der Waals surface area contributed by atoms with E-state index in [-0.39, 0.29) is 0 Å². The van der Waals surface area contributed by atoms with E-state index in [4.69, 9.17) is 16.2 Å². The lowest BCUT2D eigenvalue weighted by Crippen LogP contribution is -2.02. The zero-order valence-corrected chi connectivity index (χ0v) is 8.71. The number of aromatic nitrogens is 1. The number of anilines is 1. The predicted octanol–water partition coefficient (Wildman–Crippen LogP) is 1.26. The van der Waals surface area contributed by atoms with E-state index in [1.807, 2.05) is 18.3 Å². The summed E-state index contributed by atoms with van der Waals surface area (Å²) in [4.78, 5) is 3.18. The maximum Gasteiger partial charge on any atom is 0.151 e. The number of methoxy groups -OCH3 is 1. The first-order chi connectivity index (χ1) is 7.27. The van der Waals surface area contributed by atoms with E-state index in [1.165, 1.54) is 0 Å². The van der Waals surface area contributed by atoms with Crippen LogP contribution in [0.3, 0.4) is 0 Å². The number of ether oxygens (including phenoxy) is 1. The largest absolute Gasteiger partial charge is 0.494 e. The Balaban J connectivity index is 2.69. The Morgan fingerprint density at radius 1 is 1.40 bits per heavy atom. The molecule has 2 aromatic rings. The normalized spacial score (nSPS) is 10.8. The summed E-state index contributed by atoms with van der Waals surface area (Å²) >= 11 is 0. The number of hydrogen-bond acceptors (Lipinski definition) is 3. The van der Waals surface area contributed by atoms with Gasteiger partial charge in [0, 0.05) is 17.1 Å². The van der Waals surface area contributed by atoms with E-state index in [9.17, 15) is 0 Å². The summed E-state index contributed by atoms with van der Waals surface area (Å²) in [5, 5.41) is 1.04. The van der Waals surface area contributed by atoms with Crippen LogP contribution in [0.15, 0.2) is 18.3 Å². The molecule has 0 saturated carbocycles. The van der Waals surface area contributed by atoms with Crippen molar-refractivity contribution in [3.8, 4) is 5.75 Å². The van der Waals surface area contributed by atoms with Crippen LogP contribution < -0.4 is 16.2 Å². The topological polar surface area (TPSA) is 77.1 Å². The molecule has 80 valence electrons. The Labute approximate surface area is 88.2 Å². The van der Waals surface area contributed by atoms with Gasteiger partial charge in [0.1, 0.15) is 0 Å². The second-order valence-corrected chi connectivity index (χ2v) is 3.46. The van der Waals surface area contributed by atoms with Crippen molar-refractivity contribution in [2.45, 2.75) is 6.42 Å². The molecule has 5 N–H and O–H groups in total. The Hall–Kier alpha value is -1.68. The average molecular weight is 205 g/mol. The maximum atomic E-state index is 5.85. The minimum Gasteiger partial charge on any atom is -0.494 e. The molecule has 0 aliphatic rings. The third kappa shape index (κ3) is 1.53. The summed E-state index contributed by atoms with van der Waals surface area (Å²) in [5.41, 5.74) is 14.2. The van der Waals surface area contributed by atoms with Crippen LogP contribution in [0.2, 0.25) is 0 Å². The van der Waals surface area contributed by atoms with Gasteiger partial charge in [-0.2, -0.15) is 0 Å². The Kier molecular flexibility index (Phi) is 2.51. The fourth-order valence-electron chi connectivity index (χ4n) is 1.85. The first-order valence-electron chi connectivity index (χ1n) is 4.90. The zero-order valence-electron chi connectivity index (χ0n) is 8.71. The highest BCUT2D eigenvalue weighted by molar-refractivity contribution is 5.93. The molecule has 4 heteroatoms. The molecule has 0 aliphatic heterocycles. The maximum absolute atomic E-state index is 5.85. The van der Waals surface area contributed by atoms with Crippen molar-refractivity contribution in [2.75, 3.05) is 19.4 Å². The molecule has 0 radical (unpaired) electrons. The SMILES string of the molecule is COc1c(N)ccc2[nH]cc(CCN)c12. The van der Waals surface area contributed by atoms with Crippen molar-refractivity contribution in [3.05, 3.63) is 23.9 Å². The van der Waals surface area contributed by atoms with Crippen molar-refractivity contribution < 1.29 is 4.74 Å². The minimum atomic E-state index is 0.616. The summed E-state index contributed by atoms with van der Waals surface area (Å²) in [6, 6.07) is 3.79. The molecule has 0 fully saturated rings. The van der Waals surface area contributed by atoms with E-state index in [2.05, 4.69) is 4.98 Å². The number of fused-ring (bicyclic) bond motifs is 1. The Morgan fingerprint density at radius 2 is 2.20 bits per heavy atom. The highest BCUT2D eigenvalue weighted by Gasteiger charge is 2.11. The van der Waals surface area contributed by atoms with Gasteiger partial charge in [-0.1, -0.05) is 0 Å². The summed E-state index contributed by atoms with van der Waals surface area (Å²) in [6.07, 6.45) is 2.78. The number of benzene rings is 1. The molecule has 0 atom stereocenters. The van der Waals surface area contributed by atoms with Gasteiger partial charge in [0.2, 0.25) is 0 Å². The van der Waals surface area contributed by atoms with Crippen molar-refractivity contribution >= 4 is 16.6 Å². The Morgan fingerprint density at radius 3 is 2.87 bits per heavy atom. The van der Waals surface area contributed by atoms with Crippen LogP contribution in [0, 0.1) is 0 Å². The van der Waals surface area contributed by atoms with Gasteiger partial charge in [-0.25, -0.2) is 0 Å². The van der Waals surface area contributed by atoms with Gasteiger partial charge in [-0.3, -0.25) is 0 Å². The molecular formula is C11H15N3O. The zero-order chi connectivity index (χ0) is 10.8. The number of H-pyrrole nitrogens is 1. The van der Waals surface area contributed by atoms with Crippen molar-refractivity contribution in [1.29, 1.82) is 0 Å². The third-order valence-corrected chi connectivity index (χ3v) is 2.53. The number of nitrogens with one attached hydrogen (secondary N) is 1. The summed E-state index contributed by atoms with van der Waals surface area (Å²) < 4.78 is 5.32. The first kappa shape index (κ1) is 9.86. The van der Waals surface area contributed by atoms with Gasteiger partial charge in [-0.15, -0.1) is 0 Å². The number of nitrogen functional groups attached to an aromatic ring is 1. The molecule has 15 heavy (non-hydrogen) atoms. The second kappa shape index (κ2) is 3.82. The fourth-order valence-corrected chi connectivity index (χ4v) is 1.85. The second-order valence-electron chi connectivity index (χ2n) is 3.46. The van der Waals surface area contributed by atoms with Crippen molar-refractivity contribution in [1.82, 2.24) is 4.98 Å². The van der Waals surface area contributed by atoms with Gasteiger partial charge >= 0.3 is 0 Å². The molecule has 1 aromatic carbocycles. The highest BCUT2D eigenvalue weighted by atomic mass is 16.5. The molecule has 0 bridgehead atoms. The quantitative estimate of drug-likeness (QED) is 0.660. The predicted molar refractivity (Wildman–Crippen MR) is 62.0 cm³/mol. The molecule has 0 saturated heterocycles. The molecule has 4 nitrogen and oxygen atoms in total. The summed E-state index contributed by atoms with van der Waals surface area (Å²) in [6.45, 7) is 0.616. The average Bonchev–Trinajstić information content (AvgIpc) is 2.63. The monoisotopic (exact) mass is 205 g/mol. The molecule has 0 spiro atoms. The van der Waals surface area contributed by atoms with Gasteiger partial charge in [0.25, 0.3) is 0 Å². The lowest BCUT2D eigenvalue weighted by Gasteiger charge is -2.07. The van der Waals surface area contributed by atoms with E-state index < -0.39 is 0 Å². The van der Waals surface area contributed by atoms with E-state index in [1.54, 1.807) is 7.11 Å². The van der Waals surface area contributed by atoms with Crippen LogP contribution in [-0.4, -0.2) is 18.6 Å². The lowest BCUT2D eigenvalue weighted by atomic mass is 10.1. The van der Waals surface area contributed by atoms with Gasteiger partial charge in [0.15, 0.2) is 5.75 Å². The van der Waals surface area contributed by atoms with Crippen LogP contribution in [-0.2, 0) is 6.42 Å². The van der Waals surface area contributed by atoms with Crippen LogP contribution in [0.4, 0.5) is 5.69 Å². The number of rotatable bonds is 3. The molecule has 0 aliphatic carbocycles. The standard InChI is InChI=1S/C11H15N3O/c1-15-11-8(13)2-3-9-10(11)7(4-5-12)6-14-9/h2-3,6,14H,4-5,12-13H2,1H3. The van der Waals surface area contributed by atoms with Gasteiger partial charge in [0.05, 0.1) is 12.8 Å². The third-order valence-electron chi connectivity index (χ3n) is 2.53. The van der Waals surface area contributed by atoms with E-state index >= 15 is 0 Å². The van der Waals surface area contributed by atoms with Gasteiger partial charge < -0.3 is 21.2 Å².